The summed E-state index contributed by atoms with van der Waals surface area (Å²) in [4.78, 5) is 2.49. The first kappa shape index (κ1) is 11.9. The molecule has 6 heteroatoms. The summed E-state index contributed by atoms with van der Waals surface area (Å²) < 4.78 is 4.91. The highest BCUT2D eigenvalue weighted by atomic mass is 16.5. The van der Waals surface area contributed by atoms with E-state index < -0.39 is 18.8 Å². The Hall–Kier alpha value is -1.07. The molecule has 0 rings (SSSR count). The highest BCUT2D eigenvalue weighted by molar-refractivity contribution is 4.75. The van der Waals surface area contributed by atoms with Gasteiger partial charge in [0.2, 0.25) is 0 Å². The fourth-order valence-corrected chi connectivity index (χ4v) is 0.685. The van der Waals surface area contributed by atoms with Gasteiger partial charge >= 0.3 is 0 Å². The van der Waals surface area contributed by atoms with Gasteiger partial charge in [0.25, 0.3) is 0 Å². The van der Waals surface area contributed by atoms with Crippen molar-refractivity contribution in [3.63, 3.8) is 0 Å². The summed E-state index contributed by atoms with van der Waals surface area (Å²) in [7, 11) is 0. The van der Waals surface area contributed by atoms with Crippen LogP contribution in [-0.4, -0.2) is 42.2 Å². The van der Waals surface area contributed by atoms with Crippen molar-refractivity contribution >= 4 is 0 Å². The van der Waals surface area contributed by atoms with Gasteiger partial charge in [0.15, 0.2) is 0 Å². The van der Waals surface area contributed by atoms with Gasteiger partial charge in [0.1, 0.15) is 0 Å². The van der Waals surface area contributed by atoms with Crippen molar-refractivity contribution in [2.75, 3.05) is 19.8 Å². The average Bonchev–Trinajstić information content (AvgIpc) is 2.14. The molecule has 0 aromatic heterocycles. The Bertz CT molecular complexity index is 191. The van der Waals surface area contributed by atoms with Crippen molar-refractivity contribution in [3.05, 3.63) is 23.1 Å². The quantitative estimate of drug-likeness (QED) is 0.196. The molecule has 74 valence electrons. The molecule has 0 aliphatic carbocycles. The third-order valence-corrected chi connectivity index (χ3v) is 1.36. The minimum absolute atomic E-state index is 0.0102. The summed E-state index contributed by atoms with van der Waals surface area (Å²) >= 11 is 0. The lowest BCUT2D eigenvalue weighted by molar-refractivity contribution is 0.0224. The van der Waals surface area contributed by atoms with E-state index in [0.717, 1.165) is 0 Å². The number of hydrogen-bond acceptors (Lipinski definition) is 4. The number of aliphatic hydroxyl groups excluding tert-OH is 2. The zero-order valence-electron chi connectivity index (χ0n) is 7.20. The summed E-state index contributed by atoms with van der Waals surface area (Å²) in [5, 5.41) is 21.2. The first-order valence-corrected chi connectivity index (χ1v) is 3.78. The number of aliphatic hydroxyl groups is 2. The van der Waals surface area contributed by atoms with E-state index in [1.54, 1.807) is 0 Å². The van der Waals surface area contributed by atoms with Crippen molar-refractivity contribution in [1.82, 2.24) is 0 Å². The van der Waals surface area contributed by atoms with Crippen LogP contribution < -0.4 is 0 Å². The van der Waals surface area contributed by atoms with Crippen molar-refractivity contribution in [3.8, 4) is 0 Å². The Morgan fingerprint density at radius 1 is 1.69 bits per heavy atom. The largest absolute Gasteiger partial charge is 0.396 e. The highest BCUT2D eigenvalue weighted by Crippen LogP contribution is 1.99. The van der Waals surface area contributed by atoms with Gasteiger partial charge in [-0.15, -0.1) is 6.58 Å². The molecule has 0 aromatic carbocycles. The lowest BCUT2D eigenvalue weighted by Crippen LogP contribution is -2.31. The molecule has 2 atom stereocenters. The van der Waals surface area contributed by atoms with Gasteiger partial charge < -0.3 is 14.9 Å². The van der Waals surface area contributed by atoms with Crippen LogP contribution in [0, 0.1) is 0 Å². The van der Waals surface area contributed by atoms with Crippen molar-refractivity contribution in [2.24, 2.45) is 5.11 Å². The van der Waals surface area contributed by atoms with Crippen LogP contribution in [-0.2, 0) is 4.74 Å². The minimum atomic E-state index is -0.985. The molecule has 0 unspecified atom stereocenters. The number of ether oxygens (including phenoxy) is 1. The van der Waals surface area contributed by atoms with Crippen LogP contribution in [0.4, 0.5) is 0 Å². The lowest BCUT2D eigenvalue weighted by Gasteiger charge is -2.15. The fraction of sp³-hybridized carbons (Fsp3) is 0.714. The van der Waals surface area contributed by atoms with Crippen LogP contribution in [0.1, 0.15) is 0 Å². The van der Waals surface area contributed by atoms with E-state index in [1.807, 2.05) is 0 Å². The van der Waals surface area contributed by atoms with Gasteiger partial charge in [-0.2, -0.15) is 0 Å². The van der Waals surface area contributed by atoms with Gasteiger partial charge in [0.05, 0.1) is 32.0 Å². The van der Waals surface area contributed by atoms with Gasteiger partial charge in [-0.25, -0.2) is 0 Å². The zero-order chi connectivity index (χ0) is 10.1. The number of azide groups is 1. The van der Waals surface area contributed by atoms with E-state index in [0.29, 0.717) is 6.61 Å². The van der Waals surface area contributed by atoms with Gasteiger partial charge in [0, 0.05) is 4.91 Å². The Kier molecular flexibility index (Phi) is 6.95. The maximum absolute atomic E-state index is 9.28. The molecule has 13 heavy (non-hydrogen) atoms. The van der Waals surface area contributed by atoms with Crippen molar-refractivity contribution in [1.29, 1.82) is 0 Å². The van der Waals surface area contributed by atoms with Crippen molar-refractivity contribution < 1.29 is 14.9 Å². The molecular formula is C7H13N3O3. The van der Waals surface area contributed by atoms with E-state index in [4.69, 9.17) is 15.4 Å². The van der Waals surface area contributed by atoms with Crippen LogP contribution >= 0.6 is 0 Å². The maximum Gasteiger partial charge on any atom is 0.0886 e. The summed E-state index contributed by atoms with van der Waals surface area (Å²) in [5.41, 5.74) is 8.07. The SMILES string of the molecule is C=CCOC[C@@H](O)[C@H](CO)N=[N+]=[N-]. The molecule has 0 aliphatic rings. The Balaban J connectivity index is 3.82. The number of hydrogen-bond donors (Lipinski definition) is 2. The molecule has 0 amide bonds. The monoisotopic (exact) mass is 187 g/mol. The van der Waals surface area contributed by atoms with Gasteiger partial charge in [-0.1, -0.05) is 11.2 Å². The molecule has 0 spiro atoms. The van der Waals surface area contributed by atoms with E-state index in [2.05, 4.69) is 16.6 Å². The molecule has 0 bridgehead atoms. The third kappa shape index (κ3) is 5.21. The molecule has 0 aliphatic heterocycles. The fourth-order valence-electron chi connectivity index (χ4n) is 0.685. The number of nitrogens with zero attached hydrogens (tertiary/aromatic N) is 3. The second-order valence-corrected chi connectivity index (χ2v) is 2.35. The molecule has 0 heterocycles. The molecule has 0 fully saturated rings. The van der Waals surface area contributed by atoms with Crippen LogP contribution in [0.5, 0.6) is 0 Å². The third-order valence-electron chi connectivity index (χ3n) is 1.36. The van der Waals surface area contributed by atoms with E-state index in [9.17, 15) is 5.11 Å². The van der Waals surface area contributed by atoms with E-state index in [-0.39, 0.29) is 6.61 Å². The number of rotatable bonds is 7. The normalized spacial score (nSPS) is 14.3. The first-order valence-electron chi connectivity index (χ1n) is 3.78. The topological polar surface area (TPSA) is 98.5 Å². The highest BCUT2D eigenvalue weighted by Gasteiger charge is 2.16. The zero-order valence-corrected chi connectivity index (χ0v) is 7.20. The van der Waals surface area contributed by atoms with Gasteiger partial charge in [-0.3, -0.25) is 0 Å². The predicted molar refractivity (Wildman–Crippen MR) is 47.0 cm³/mol. The van der Waals surface area contributed by atoms with Gasteiger partial charge in [-0.05, 0) is 5.53 Å². The average molecular weight is 187 g/mol. The van der Waals surface area contributed by atoms with E-state index >= 15 is 0 Å². The smallest absolute Gasteiger partial charge is 0.0886 e. The Labute approximate surface area is 76.1 Å². The second kappa shape index (κ2) is 7.57. The molecule has 0 saturated carbocycles. The molecule has 0 aromatic rings. The summed E-state index contributed by atoms with van der Waals surface area (Å²) in [6, 6.07) is -0.852. The summed E-state index contributed by atoms with van der Waals surface area (Å²) in [6.07, 6.45) is 0.551. The minimum Gasteiger partial charge on any atom is -0.396 e. The molecule has 2 N–H and O–H groups in total. The van der Waals surface area contributed by atoms with Crippen LogP contribution in [0.2, 0.25) is 0 Å². The maximum atomic E-state index is 9.28. The summed E-state index contributed by atoms with van der Waals surface area (Å²) in [6.45, 7) is 3.34. The Morgan fingerprint density at radius 2 is 2.38 bits per heavy atom. The first-order chi connectivity index (χ1) is 6.26. The lowest BCUT2D eigenvalue weighted by atomic mass is 10.2. The van der Waals surface area contributed by atoms with Crippen molar-refractivity contribution in [2.45, 2.75) is 12.1 Å². The van der Waals surface area contributed by atoms with Crippen LogP contribution in [0.25, 0.3) is 10.4 Å². The molecule has 0 radical (unpaired) electrons. The molecular weight excluding hydrogens is 174 g/mol. The summed E-state index contributed by atoms with van der Waals surface area (Å²) in [5.74, 6) is 0. The molecule has 0 saturated heterocycles. The predicted octanol–water partition coefficient (Wildman–Crippen LogP) is 0.221. The second-order valence-electron chi connectivity index (χ2n) is 2.35. The standard InChI is InChI=1S/C7H13N3O3/c1-2-3-13-5-7(12)6(4-11)9-10-8/h2,6-7,11-12H,1,3-5H2/t6-,7+/m0/s1. The Morgan fingerprint density at radius 3 is 2.85 bits per heavy atom. The molecule has 6 nitrogen and oxygen atoms in total. The van der Waals surface area contributed by atoms with Crippen LogP contribution in [0.15, 0.2) is 17.8 Å². The van der Waals surface area contributed by atoms with E-state index in [1.165, 1.54) is 6.08 Å². The van der Waals surface area contributed by atoms with Crippen LogP contribution in [0.3, 0.4) is 0 Å².